The minimum absolute atomic E-state index is 0.00674. The summed E-state index contributed by atoms with van der Waals surface area (Å²) in [7, 11) is 0. The van der Waals surface area contributed by atoms with E-state index in [0.29, 0.717) is 6.54 Å². The molecule has 1 aliphatic heterocycles. The maximum absolute atomic E-state index is 12.5. The van der Waals surface area contributed by atoms with E-state index >= 15 is 0 Å². The summed E-state index contributed by atoms with van der Waals surface area (Å²) in [6.07, 6.45) is 7.41. The third-order valence-corrected chi connectivity index (χ3v) is 4.93. The molecule has 1 saturated carbocycles. The number of urea groups is 1. The number of amides is 3. The zero-order valence-electron chi connectivity index (χ0n) is 14.0. The summed E-state index contributed by atoms with van der Waals surface area (Å²) >= 11 is 0. The number of hydrogen-bond donors (Lipinski definition) is 3. The van der Waals surface area contributed by atoms with Crippen molar-refractivity contribution in [3.05, 3.63) is 23.8 Å². The van der Waals surface area contributed by atoms with Crippen molar-refractivity contribution < 1.29 is 9.59 Å². The minimum atomic E-state index is -0.250. The smallest absolute Gasteiger partial charge is 0.315 e. The molecule has 3 amide bonds. The Bertz CT molecular complexity index is 611. The van der Waals surface area contributed by atoms with Gasteiger partial charge in [0.15, 0.2) is 0 Å². The molecule has 1 aromatic carbocycles. The Kier molecular flexibility index (Phi) is 5.23. The standard InChI is InChI=1S/C18H26N4O2/c19-15-9-4-10-16-14(15)8-5-11-22(16)17(23)12-20-18(24)21-13-6-2-1-3-7-13/h4,9-10,13H,1-3,5-8,11-12,19H2,(H2,20,21,24). The molecule has 2 aliphatic rings. The first-order valence-electron chi connectivity index (χ1n) is 8.87. The van der Waals surface area contributed by atoms with Crippen molar-refractivity contribution in [1.29, 1.82) is 0 Å². The predicted molar refractivity (Wildman–Crippen MR) is 94.9 cm³/mol. The van der Waals surface area contributed by atoms with Crippen LogP contribution in [0.2, 0.25) is 0 Å². The average molecular weight is 330 g/mol. The number of carbonyl (C=O) groups is 2. The predicted octanol–water partition coefficient (Wildman–Crippen LogP) is 2.18. The number of anilines is 2. The molecule has 1 fully saturated rings. The molecule has 0 radical (unpaired) electrons. The second kappa shape index (κ2) is 7.55. The van der Waals surface area contributed by atoms with E-state index in [1.165, 1.54) is 6.42 Å². The van der Waals surface area contributed by atoms with Gasteiger partial charge in [-0.3, -0.25) is 4.79 Å². The van der Waals surface area contributed by atoms with Crippen molar-refractivity contribution >= 4 is 23.3 Å². The third-order valence-electron chi connectivity index (χ3n) is 4.93. The van der Waals surface area contributed by atoms with Crippen LogP contribution in [0.25, 0.3) is 0 Å². The number of nitrogens with two attached hydrogens (primary N) is 1. The molecule has 24 heavy (non-hydrogen) atoms. The quantitative estimate of drug-likeness (QED) is 0.742. The van der Waals surface area contributed by atoms with Crippen molar-refractivity contribution in [3.63, 3.8) is 0 Å². The van der Waals surface area contributed by atoms with Crippen LogP contribution < -0.4 is 21.3 Å². The molecule has 0 atom stereocenters. The van der Waals surface area contributed by atoms with Gasteiger partial charge in [0.1, 0.15) is 0 Å². The number of carbonyl (C=O) groups excluding carboxylic acids is 2. The van der Waals surface area contributed by atoms with E-state index in [0.717, 1.165) is 55.5 Å². The zero-order chi connectivity index (χ0) is 16.9. The second-order valence-corrected chi connectivity index (χ2v) is 6.66. The van der Waals surface area contributed by atoms with Crippen LogP contribution in [0.3, 0.4) is 0 Å². The number of benzene rings is 1. The summed E-state index contributed by atoms with van der Waals surface area (Å²) in [5.41, 5.74) is 8.65. The SMILES string of the molecule is Nc1cccc2c1CCCN2C(=O)CNC(=O)NC1CCCCC1. The van der Waals surface area contributed by atoms with Crippen LogP contribution in [0.4, 0.5) is 16.2 Å². The van der Waals surface area contributed by atoms with Crippen LogP contribution in [0, 0.1) is 0 Å². The molecule has 1 heterocycles. The largest absolute Gasteiger partial charge is 0.398 e. The average Bonchev–Trinajstić information content (AvgIpc) is 2.60. The molecule has 1 aliphatic carbocycles. The number of nitrogens with zero attached hydrogens (tertiary/aromatic N) is 1. The molecule has 6 heteroatoms. The number of hydrogen-bond acceptors (Lipinski definition) is 3. The molecule has 130 valence electrons. The topological polar surface area (TPSA) is 87.5 Å². The van der Waals surface area contributed by atoms with E-state index in [9.17, 15) is 9.59 Å². The van der Waals surface area contributed by atoms with E-state index < -0.39 is 0 Å². The summed E-state index contributed by atoms with van der Waals surface area (Å²) in [6.45, 7) is 0.675. The minimum Gasteiger partial charge on any atom is -0.398 e. The molecule has 0 spiro atoms. The van der Waals surface area contributed by atoms with Crippen molar-refractivity contribution in [1.82, 2.24) is 10.6 Å². The maximum atomic E-state index is 12.5. The Balaban J connectivity index is 1.54. The van der Waals surface area contributed by atoms with Crippen LogP contribution in [0.1, 0.15) is 44.1 Å². The summed E-state index contributed by atoms with van der Waals surface area (Å²) in [5.74, 6) is -0.0969. The second-order valence-electron chi connectivity index (χ2n) is 6.66. The fourth-order valence-electron chi connectivity index (χ4n) is 3.65. The van der Waals surface area contributed by atoms with Gasteiger partial charge in [0.2, 0.25) is 5.91 Å². The Hall–Kier alpha value is -2.24. The van der Waals surface area contributed by atoms with Gasteiger partial charge in [0, 0.05) is 24.0 Å². The monoisotopic (exact) mass is 330 g/mol. The van der Waals surface area contributed by atoms with Crippen molar-refractivity contribution in [2.24, 2.45) is 0 Å². The first kappa shape index (κ1) is 16.6. The Morgan fingerprint density at radius 2 is 1.96 bits per heavy atom. The Morgan fingerprint density at radius 1 is 1.17 bits per heavy atom. The Morgan fingerprint density at radius 3 is 2.75 bits per heavy atom. The molecule has 3 rings (SSSR count). The van der Waals surface area contributed by atoms with Gasteiger partial charge >= 0.3 is 6.03 Å². The van der Waals surface area contributed by atoms with Crippen LogP contribution >= 0.6 is 0 Å². The van der Waals surface area contributed by atoms with Crippen molar-refractivity contribution in [3.8, 4) is 0 Å². The lowest BCUT2D eigenvalue weighted by molar-refractivity contribution is -0.117. The normalized spacial score (nSPS) is 17.9. The fraction of sp³-hybridized carbons (Fsp3) is 0.556. The first-order chi connectivity index (χ1) is 11.6. The van der Waals surface area contributed by atoms with E-state index in [-0.39, 0.29) is 24.5 Å². The molecule has 1 aromatic rings. The van der Waals surface area contributed by atoms with Gasteiger partial charge in [-0.1, -0.05) is 25.3 Å². The van der Waals surface area contributed by atoms with Gasteiger partial charge in [-0.2, -0.15) is 0 Å². The molecular weight excluding hydrogens is 304 g/mol. The van der Waals surface area contributed by atoms with Gasteiger partial charge in [-0.25, -0.2) is 4.79 Å². The molecule has 0 saturated heterocycles. The highest BCUT2D eigenvalue weighted by atomic mass is 16.2. The lowest BCUT2D eigenvalue weighted by Crippen LogP contribution is -2.48. The molecule has 0 unspecified atom stereocenters. The van der Waals surface area contributed by atoms with Gasteiger partial charge in [-0.15, -0.1) is 0 Å². The molecular formula is C18H26N4O2. The lowest BCUT2D eigenvalue weighted by Gasteiger charge is -2.30. The van der Waals surface area contributed by atoms with Crippen LogP contribution in [0.5, 0.6) is 0 Å². The van der Waals surface area contributed by atoms with Gasteiger partial charge in [-0.05, 0) is 43.4 Å². The van der Waals surface area contributed by atoms with E-state index in [1.807, 2.05) is 18.2 Å². The molecule has 6 nitrogen and oxygen atoms in total. The Labute approximate surface area is 142 Å². The van der Waals surface area contributed by atoms with E-state index in [4.69, 9.17) is 5.73 Å². The number of fused-ring (bicyclic) bond motifs is 1. The highest BCUT2D eigenvalue weighted by Crippen LogP contribution is 2.31. The number of rotatable bonds is 3. The maximum Gasteiger partial charge on any atom is 0.315 e. The summed E-state index contributed by atoms with van der Waals surface area (Å²) in [4.78, 5) is 26.2. The summed E-state index contributed by atoms with van der Waals surface area (Å²) in [5, 5.41) is 5.66. The van der Waals surface area contributed by atoms with Crippen LogP contribution in [0.15, 0.2) is 18.2 Å². The highest BCUT2D eigenvalue weighted by molar-refractivity contribution is 5.98. The van der Waals surface area contributed by atoms with Crippen molar-refractivity contribution in [2.45, 2.75) is 51.0 Å². The fourth-order valence-corrected chi connectivity index (χ4v) is 3.65. The number of nitrogen functional groups attached to an aromatic ring is 1. The van der Waals surface area contributed by atoms with Crippen molar-refractivity contribution in [2.75, 3.05) is 23.7 Å². The first-order valence-corrected chi connectivity index (χ1v) is 8.87. The van der Waals surface area contributed by atoms with Gasteiger partial charge < -0.3 is 21.3 Å². The van der Waals surface area contributed by atoms with Crippen LogP contribution in [-0.2, 0) is 11.2 Å². The number of nitrogens with one attached hydrogen (secondary N) is 2. The van der Waals surface area contributed by atoms with Crippen LogP contribution in [-0.4, -0.2) is 31.1 Å². The van der Waals surface area contributed by atoms with E-state index in [1.54, 1.807) is 4.90 Å². The summed E-state index contributed by atoms with van der Waals surface area (Å²) < 4.78 is 0. The summed E-state index contributed by atoms with van der Waals surface area (Å²) in [6, 6.07) is 5.64. The third kappa shape index (κ3) is 3.80. The molecule has 0 bridgehead atoms. The van der Waals surface area contributed by atoms with Gasteiger partial charge in [0.25, 0.3) is 0 Å². The van der Waals surface area contributed by atoms with Gasteiger partial charge in [0.05, 0.1) is 6.54 Å². The molecule has 0 aromatic heterocycles. The van der Waals surface area contributed by atoms with E-state index in [2.05, 4.69) is 10.6 Å². The zero-order valence-corrected chi connectivity index (χ0v) is 14.0. The molecule has 4 N–H and O–H groups in total. The lowest BCUT2D eigenvalue weighted by atomic mass is 9.96. The highest BCUT2D eigenvalue weighted by Gasteiger charge is 2.24.